The number of carbonyl (C=O) groups excluding carboxylic acids is 4. The minimum absolute atomic E-state index is 0.105. The Morgan fingerprint density at radius 3 is 0.854 bits per heavy atom. The summed E-state index contributed by atoms with van der Waals surface area (Å²) in [4.78, 5) is 72.5. The van der Waals surface area contributed by atoms with Crippen LogP contribution in [0, 0.1) is 17.8 Å². The average molecular weight is 1310 g/mol. The number of phosphoric acid groups is 2. The zero-order valence-electron chi connectivity index (χ0n) is 57.9. The topological polar surface area (TPSA) is 237 Å². The molecule has 0 aromatic carbocycles. The van der Waals surface area contributed by atoms with Gasteiger partial charge in [-0.1, -0.05) is 299 Å². The molecule has 0 saturated carbocycles. The number of phosphoric ester groups is 2. The maximum atomic E-state index is 13.0. The van der Waals surface area contributed by atoms with Crippen molar-refractivity contribution >= 4 is 39.5 Å². The summed E-state index contributed by atoms with van der Waals surface area (Å²) in [6, 6.07) is 0. The van der Waals surface area contributed by atoms with Gasteiger partial charge in [0.2, 0.25) is 0 Å². The largest absolute Gasteiger partial charge is 0.472 e. The third-order valence-corrected chi connectivity index (χ3v) is 18.4. The monoisotopic (exact) mass is 1310 g/mol. The van der Waals surface area contributed by atoms with E-state index in [0.29, 0.717) is 31.6 Å². The molecule has 0 aromatic rings. The zero-order valence-corrected chi connectivity index (χ0v) is 59.7. The fraction of sp³-hybridized carbons (Fsp3) is 0.943. The highest BCUT2D eigenvalue weighted by molar-refractivity contribution is 7.47. The van der Waals surface area contributed by atoms with Crippen molar-refractivity contribution in [2.24, 2.45) is 17.8 Å². The van der Waals surface area contributed by atoms with Gasteiger partial charge in [0.05, 0.1) is 26.4 Å². The number of ether oxygens (including phenoxy) is 4. The van der Waals surface area contributed by atoms with Crippen LogP contribution in [0.5, 0.6) is 0 Å². The highest BCUT2D eigenvalue weighted by Gasteiger charge is 2.30. The van der Waals surface area contributed by atoms with Crippen molar-refractivity contribution in [3.05, 3.63) is 0 Å². The number of aliphatic hydroxyl groups excluding tert-OH is 1. The Hall–Kier alpha value is -1.94. The van der Waals surface area contributed by atoms with E-state index < -0.39 is 97.5 Å². The molecule has 19 heteroatoms. The first kappa shape index (κ1) is 87.1. The summed E-state index contributed by atoms with van der Waals surface area (Å²) < 4.78 is 68.2. The van der Waals surface area contributed by atoms with Crippen LogP contribution in [0.25, 0.3) is 0 Å². The molecule has 0 amide bonds. The van der Waals surface area contributed by atoms with E-state index in [1.54, 1.807) is 0 Å². The molecule has 0 fully saturated rings. The molecule has 0 bridgehead atoms. The number of aliphatic hydroxyl groups is 1. The fourth-order valence-electron chi connectivity index (χ4n) is 10.5. The van der Waals surface area contributed by atoms with Gasteiger partial charge in [-0.05, 0) is 43.4 Å². The van der Waals surface area contributed by atoms with Gasteiger partial charge in [-0.15, -0.1) is 0 Å². The van der Waals surface area contributed by atoms with E-state index >= 15 is 0 Å². The first-order valence-corrected chi connectivity index (χ1v) is 39.4. The molecule has 0 aliphatic rings. The lowest BCUT2D eigenvalue weighted by Crippen LogP contribution is -2.30. The fourth-order valence-corrected chi connectivity index (χ4v) is 12.1. The molecule has 0 heterocycles. The van der Waals surface area contributed by atoms with E-state index in [2.05, 4.69) is 48.5 Å². The second-order valence-electron chi connectivity index (χ2n) is 26.5. The zero-order chi connectivity index (χ0) is 65.9. The third-order valence-electron chi connectivity index (χ3n) is 16.5. The molecule has 0 spiro atoms. The van der Waals surface area contributed by atoms with Crippen LogP contribution in [0.4, 0.5) is 0 Å². The molecule has 0 rings (SSSR count). The van der Waals surface area contributed by atoms with Crippen LogP contribution in [0.3, 0.4) is 0 Å². The SMILES string of the molecule is CCCCCCCCCCCCCC(=O)O[C@H](COC(=O)CCCCCCCCC(C)C)COP(=O)(O)OC[C@H](O)COP(=O)(O)OC[C@@H](COC(=O)CCCCCCCCCCC(C)C)OC(=O)CCCCCCCCCCCCCCCCC(C)CC. The van der Waals surface area contributed by atoms with E-state index in [9.17, 15) is 43.2 Å². The van der Waals surface area contributed by atoms with Crippen molar-refractivity contribution in [3.63, 3.8) is 0 Å². The molecule has 0 saturated heterocycles. The van der Waals surface area contributed by atoms with Crippen molar-refractivity contribution in [1.29, 1.82) is 0 Å². The normalized spacial score (nSPS) is 14.5. The number of rotatable bonds is 68. The Balaban J connectivity index is 5.21. The summed E-state index contributed by atoms with van der Waals surface area (Å²) in [5.74, 6) is 0.123. The van der Waals surface area contributed by atoms with Crippen molar-refractivity contribution in [1.82, 2.24) is 0 Å². The molecular formula is C70H136O17P2. The summed E-state index contributed by atoms with van der Waals surface area (Å²) in [6.07, 6.45) is 44.5. The molecule has 528 valence electrons. The Bertz CT molecular complexity index is 1750. The van der Waals surface area contributed by atoms with Gasteiger partial charge in [0.1, 0.15) is 19.3 Å². The second-order valence-corrected chi connectivity index (χ2v) is 29.4. The van der Waals surface area contributed by atoms with E-state index in [0.717, 1.165) is 108 Å². The summed E-state index contributed by atoms with van der Waals surface area (Å²) in [7, 11) is -9.90. The van der Waals surface area contributed by atoms with Crippen LogP contribution < -0.4 is 0 Å². The van der Waals surface area contributed by atoms with Crippen molar-refractivity contribution in [2.45, 2.75) is 369 Å². The van der Waals surface area contributed by atoms with Gasteiger partial charge in [-0.25, -0.2) is 9.13 Å². The predicted molar refractivity (Wildman–Crippen MR) is 358 cm³/mol. The highest BCUT2D eigenvalue weighted by Crippen LogP contribution is 2.45. The lowest BCUT2D eigenvalue weighted by Gasteiger charge is -2.21. The third kappa shape index (κ3) is 63.2. The molecule has 17 nitrogen and oxygen atoms in total. The molecule has 0 aliphatic heterocycles. The molecule has 6 atom stereocenters. The lowest BCUT2D eigenvalue weighted by atomic mass is 9.99. The van der Waals surface area contributed by atoms with Crippen molar-refractivity contribution in [3.8, 4) is 0 Å². The van der Waals surface area contributed by atoms with Gasteiger partial charge >= 0.3 is 39.5 Å². The van der Waals surface area contributed by atoms with Crippen LogP contribution in [0.2, 0.25) is 0 Å². The Labute approximate surface area is 543 Å². The Morgan fingerprint density at radius 1 is 0.326 bits per heavy atom. The van der Waals surface area contributed by atoms with Gasteiger partial charge < -0.3 is 33.8 Å². The van der Waals surface area contributed by atoms with Gasteiger partial charge in [-0.2, -0.15) is 0 Å². The molecule has 0 aromatic heterocycles. The predicted octanol–water partition coefficient (Wildman–Crippen LogP) is 19.8. The number of unbranched alkanes of at least 4 members (excludes halogenated alkanes) is 35. The van der Waals surface area contributed by atoms with Crippen LogP contribution in [-0.4, -0.2) is 96.7 Å². The molecule has 3 N–H and O–H groups in total. The standard InChI is InChI=1S/C70H136O17P2/c1-8-10-11-12-13-14-19-23-30-39-46-53-69(74)87-66(58-81-68(73)52-45-38-33-32-35-42-49-62(5)6)60-85-89(78,79)83-56-64(71)55-82-88(76,77)84-59-65(57-80-67(72)51-44-37-29-26-25-27-34-41-48-61(3)4)86-70(75)54-47-40-31-24-21-18-16-15-17-20-22-28-36-43-50-63(7)9-2/h61-66,71H,8-60H2,1-7H3,(H,76,77)(H,78,79)/t63?,64-,65-,66-/m1/s1. The Morgan fingerprint density at radius 2 is 0.573 bits per heavy atom. The summed E-state index contributed by atoms with van der Waals surface area (Å²) in [6.45, 7) is 11.8. The molecule has 0 aliphatic carbocycles. The number of esters is 4. The van der Waals surface area contributed by atoms with Crippen LogP contribution in [0.15, 0.2) is 0 Å². The van der Waals surface area contributed by atoms with E-state index in [4.69, 9.17) is 37.0 Å². The van der Waals surface area contributed by atoms with Gasteiger partial charge in [-0.3, -0.25) is 37.3 Å². The van der Waals surface area contributed by atoms with E-state index in [1.807, 2.05) is 0 Å². The van der Waals surface area contributed by atoms with Crippen LogP contribution in [-0.2, 0) is 65.4 Å². The first-order valence-electron chi connectivity index (χ1n) is 36.4. The average Bonchev–Trinajstić information content (AvgIpc) is 3.49. The summed E-state index contributed by atoms with van der Waals surface area (Å²) in [5, 5.41) is 10.6. The second kappa shape index (κ2) is 61.0. The number of carbonyl (C=O) groups is 4. The van der Waals surface area contributed by atoms with Crippen LogP contribution in [0.1, 0.15) is 350 Å². The van der Waals surface area contributed by atoms with Crippen molar-refractivity contribution < 1.29 is 80.2 Å². The van der Waals surface area contributed by atoms with E-state index in [-0.39, 0.29) is 25.7 Å². The number of hydrogen-bond acceptors (Lipinski definition) is 15. The quantitative estimate of drug-likeness (QED) is 0.0222. The van der Waals surface area contributed by atoms with Gasteiger partial charge in [0.15, 0.2) is 12.2 Å². The maximum Gasteiger partial charge on any atom is 0.472 e. The highest BCUT2D eigenvalue weighted by atomic mass is 31.2. The number of hydrogen-bond donors (Lipinski definition) is 3. The van der Waals surface area contributed by atoms with Crippen molar-refractivity contribution in [2.75, 3.05) is 39.6 Å². The molecular weight excluding hydrogens is 1170 g/mol. The smallest absolute Gasteiger partial charge is 0.462 e. The van der Waals surface area contributed by atoms with E-state index in [1.165, 1.54) is 154 Å². The lowest BCUT2D eigenvalue weighted by molar-refractivity contribution is -0.161. The maximum absolute atomic E-state index is 13.0. The molecule has 3 unspecified atom stereocenters. The minimum Gasteiger partial charge on any atom is -0.462 e. The summed E-state index contributed by atoms with van der Waals surface area (Å²) >= 11 is 0. The summed E-state index contributed by atoms with van der Waals surface area (Å²) in [5.41, 5.74) is 0. The molecule has 0 radical (unpaired) electrons. The minimum atomic E-state index is -4.95. The molecule has 89 heavy (non-hydrogen) atoms. The Kier molecular flexibility index (Phi) is 59.6. The van der Waals surface area contributed by atoms with Gasteiger partial charge in [0.25, 0.3) is 0 Å². The first-order chi connectivity index (χ1) is 42.8. The van der Waals surface area contributed by atoms with Crippen LogP contribution >= 0.6 is 15.6 Å². The van der Waals surface area contributed by atoms with Gasteiger partial charge in [0, 0.05) is 25.7 Å².